The molecular weight excluding hydrogens is 725 g/mol. The molecule has 0 aliphatic heterocycles. The highest BCUT2D eigenvalue weighted by Gasteiger charge is 2.45. The molecule has 0 fully saturated rings. The molecular formula is C43H48O6Si4. The third-order valence-corrected chi connectivity index (χ3v) is 25.2. The second-order valence-electron chi connectivity index (χ2n) is 13.0. The van der Waals surface area contributed by atoms with Crippen molar-refractivity contribution in [2.24, 2.45) is 0 Å². The van der Waals surface area contributed by atoms with E-state index in [4.69, 9.17) is 26.6 Å². The summed E-state index contributed by atoms with van der Waals surface area (Å²) < 4.78 is 37.5. The standard InChI is InChI=1S/C43H48O6Si4/c1-44-51(45-2,38-17-11-8-12-18-38)41-29-23-35(24-30-41)50(7,36-25-31-42(32-26-36)52(46-3,47-4)39-19-13-9-14-20-39)37-27-33-43(34-28-37)53(48-5,49-6)40-21-15-10-16-22-40/h8-34H,1-7H3. The molecule has 6 aromatic carbocycles. The summed E-state index contributed by atoms with van der Waals surface area (Å²) in [4.78, 5) is 0. The van der Waals surface area contributed by atoms with Crippen molar-refractivity contribution in [2.75, 3.05) is 42.7 Å². The largest absolute Gasteiger partial charge is 0.406 e. The summed E-state index contributed by atoms with van der Waals surface area (Å²) in [5.74, 6) is 0. The summed E-state index contributed by atoms with van der Waals surface area (Å²) in [6.45, 7) is 2.42. The van der Waals surface area contributed by atoms with Crippen LogP contribution in [-0.4, -0.2) is 76.4 Å². The highest BCUT2D eigenvalue weighted by atomic mass is 28.4. The Morgan fingerprint density at radius 2 is 0.415 bits per heavy atom. The van der Waals surface area contributed by atoms with E-state index in [0.29, 0.717) is 0 Å². The van der Waals surface area contributed by atoms with Gasteiger partial charge in [0.05, 0.1) is 0 Å². The Bertz CT molecular complexity index is 1800. The highest BCUT2D eigenvalue weighted by Crippen LogP contribution is 2.14. The lowest BCUT2D eigenvalue weighted by molar-refractivity contribution is 0.272. The maximum Gasteiger partial charge on any atom is 0.406 e. The minimum Gasteiger partial charge on any atom is -0.391 e. The zero-order chi connectivity index (χ0) is 37.5. The first-order valence-electron chi connectivity index (χ1n) is 17.6. The van der Waals surface area contributed by atoms with E-state index in [1.807, 2.05) is 54.6 Å². The van der Waals surface area contributed by atoms with Crippen LogP contribution < -0.4 is 46.7 Å². The monoisotopic (exact) mass is 772 g/mol. The van der Waals surface area contributed by atoms with E-state index in [2.05, 4.69) is 116 Å². The zero-order valence-corrected chi connectivity index (χ0v) is 35.5. The van der Waals surface area contributed by atoms with Gasteiger partial charge in [0.2, 0.25) is 0 Å². The Morgan fingerprint density at radius 1 is 0.245 bits per heavy atom. The van der Waals surface area contributed by atoms with Crippen LogP contribution in [0, 0.1) is 0 Å². The van der Waals surface area contributed by atoms with Crippen molar-refractivity contribution in [1.29, 1.82) is 0 Å². The smallest absolute Gasteiger partial charge is 0.391 e. The Kier molecular flexibility index (Phi) is 12.1. The van der Waals surface area contributed by atoms with Crippen molar-refractivity contribution in [3.63, 3.8) is 0 Å². The fourth-order valence-electron chi connectivity index (χ4n) is 7.71. The molecule has 0 saturated heterocycles. The van der Waals surface area contributed by atoms with Crippen LogP contribution >= 0.6 is 0 Å². The molecule has 0 saturated carbocycles. The Balaban J connectivity index is 1.49. The minimum absolute atomic E-state index is 1.05. The molecule has 0 atom stereocenters. The van der Waals surface area contributed by atoms with Crippen LogP contribution in [0.5, 0.6) is 0 Å². The van der Waals surface area contributed by atoms with Crippen LogP contribution in [0.3, 0.4) is 0 Å². The van der Waals surface area contributed by atoms with E-state index in [1.54, 1.807) is 42.7 Å². The van der Waals surface area contributed by atoms with Gasteiger partial charge in [-0.3, -0.25) is 0 Å². The average molecular weight is 773 g/mol. The minimum atomic E-state index is -2.91. The predicted molar refractivity (Wildman–Crippen MR) is 226 cm³/mol. The summed E-state index contributed by atoms with van der Waals surface area (Å²) in [6, 6.07) is 57.6. The van der Waals surface area contributed by atoms with Crippen molar-refractivity contribution in [3.05, 3.63) is 164 Å². The summed E-state index contributed by atoms with van der Waals surface area (Å²) in [5, 5.41) is 10.1. The first-order valence-corrected chi connectivity index (χ1v) is 25.6. The molecule has 53 heavy (non-hydrogen) atoms. The number of hydrogen-bond acceptors (Lipinski definition) is 6. The van der Waals surface area contributed by atoms with Crippen LogP contribution in [0.2, 0.25) is 6.55 Å². The molecule has 0 radical (unpaired) electrons. The van der Waals surface area contributed by atoms with Gasteiger partial charge in [-0.25, -0.2) is 0 Å². The maximum atomic E-state index is 6.25. The van der Waals surface area contributed by atoms with Crippen molar-refractivity contribution in [3.8, 4) is 0 Å². The van der Waals surface area contributed by atoms with Crippen molar-refractivity contribution < 1.29 is 26.6 Å². The third-order valence-electron chi connectivity index (χ3n) is 10.7. The lowest BCUT2D eigenvalue weighted by atomic mass is 10.3. The second kappa shape index (κ2) is 16.5. The summed E-state index contributed by atoms with van der Waals surface area (Å²) in [6.07, 6.45) is 0. The van der Waals surface area contributed by atoms with Crippen LogP contribution in [0.25, 0.3) is 0 Å². The van der Waals surface area contributed by atoms with E-state index < -0.39 is 33.8 Å². The van der Waals surface area contributed by atoms with E-state index in [-0.39, 0.29) is 0 Å². The fourth-order valence-corrected chi connectivity index (χ4v) is 19.2. The predicted octanol–water partition coefficient (Wildman–Crippen LogP) is 2.33. The summed E-state index contributed by atoms with van der Waals surface area (Å²) in [7, 11) is -0.861. The first kappa shape index (κ1) is 38.7. The van der Waals surface area contributed by atoms with E-state index in [1.165, 1.54) is 15.6 Å². The van der Waals surface area contributed by atoms with Gasteiger partial charge in [0.15, 0.2) is 0 Å². The van der Waals surface area contributed by atoms with E-state index in [9.17, 15) is 0 Å². The topological polar surface area (TPSA) is 55.4 Å². The fraction of sp³-hybridized carbons (Fsp3) is 0.163. The molecule has 0 aromatic heterocycles. The van der Waals surface area contributed by atoms with Gasteiger partial charge >= 0.3 is 25.7 Å². The first-order chi connectivity index (χ1) is 25.8. The number of hydrogen-bond donors (Lipinski definition) is 0. The van der Waals surface area contributed by atoms with Crippen molar-refractivity contribution in [2.45, 2.75) is 6.55 Å². The van der Waals surface area contributed by atoms with Gasteiger partial charge in [0.25, 0.3) is 0 Å². The van der Waals surface area contributed by atoms with Gasteiger partial charge in [0, 0.05) is 42.7 Å². The van der Waals surface area contributed by atoms with E-state index in [0.717, 1.165) is 31.1 Å². The van der Waals surface area contributed by atoms with Crippen LogP contribution in [0.15, 0.2) is 164 Å². The Hall–Kier alpha value is -4.05. The maximum absolute atomic E-state index is 6.25. The molecule has 0 bridgehead atoms. The molecule has 10 heteroatoms. The Labute approximate surface area is 318 Å². The molecule has 0 heterocycles. The van der Waals surface area contributed by atoms with Gasteiger partial charge in [0.1, 0.15) is 8.07 Å². The van der Waals surface area contributed by atoms with Crippen molar-refractivity contribution in [1.82, 2.24) is 0 Å². The van der Waals surface area contributed by atoms with Gasteiger partial charge in [-0.1, -0.05) is 170 Å². The van der Waals surface area contributed by atoms with Crippen LogP contribution in [0.4, 0.5) is 0 Å². The van der Waals surface area contributed by atoms with Gasteiger partial charge in [-0.05, 0) is 46.7 Å². The summed E-state index contributed by atoms with van der Waals surface area (Å²) in [5.41, 5.74) is 0. The lowest BCUT2D eigenvalue weighted by Crippen LogP contribution is -2.67. The molecule has 6 nitrogen and oxygen atoms in total. The molecule has 0 aliphatic rings. The lowest BCUT2D eigenvalue weighted by Gasteiger charge is -2.33. The van der Waals surface area contributed by atoms with Crippen LogP contribution in [-0.2, 0) is 26.6 Å². The van der Waals surface area contributed by atoms with Gasteiger partial charge in [-0.2, -0.15) is 0 Å². The van der Waals surface area contributed by atoms with Crippen molar-refractivity contribution >= 4 is 80.4 Å². The molecule has 272 valence electrons. The molecule has 0 N–H and O–H groups in total. The van der Waals surface area contributed by atoms with E-state index >= 15 is 0 Å². The number of rotatable bonds is 15. The Morgan fingerprint density at radius 3 is 0.604 bits per heavy atom. The molecule has 0 amide bonds. The average Bonchev–Trinajstić information content (AvgIpc) is 3.24. The molecule has 0 unspecified atom stereocenters. The molecule has 6 aromatic rings. The van der Waals surface area contributed by atoms with Crippen LogP contribution in [0.1, 0.15) is 0 Å². The quantitative estimate of drug-likeness (QED) is 0.118. The normalized spacial score (nSPS) is 12.5. The molecule has 0 aliphatic carbocycles. The zero-order valence-electron chi connectivity index (χ0n) is 31.5. The van der Waals surface area contributed by atoms with Gasteiger partial charge < -0.3 is 26.6 Å². The third kappa shape index (κ3) is 6.81. The van der Waals surface area contributed by atoms with Gasteiger partial charge in [-0.15, -0.1) is 0 Å². The summed E-state index contributed by atoms with van der Waals surface area (Å²) >= 11 is 0. The SMILES string of the molecule is CO[Si](OC)(c1ccccc1)c1ccc([Si](C)(c2ccc([Si](OC)(OC)c3ccccc3)cc2)c2ccc([Si](OC)(OC)c3ccccc3)cc2)cc1. The molecule has 6 rings (SSSR count). The number of benzene rings is 6. The second-order valence-corrected chi connectivity index (χ2v) is 26.6. The highest BCUT2D eigenvalue weighted by molar-refractivity contribution is 7.11. The molecule has 0 spiro atoms.